The van der Waals surface area contributed by atoms with Crippen LogP contribution in [0, 0.1) is 5.92 Å². The summed E-state index contributed by atoms with van der Waals surface area (Å²) in [6.07, 6.45) is 3.04. The molecular formula is C45H43N6O2+. The van der Waals surface area contributed by atoms with Gasteiger partial charge in [0.25, 0.3) is 0 Å². The third kappa shape index (κ3) is 6.09. The number of carbonyl (C=O) groups excluding carboxylic acids is 1. The minimum atomic E-state index is -0.873. The van der Waals surface area contributed by atoms with E-state index in [9.17, 15) is 4.79 Å². The molecule has 264 valence electrons. The van der Waals surface area contributed by atoms with E-state index < -0.39 is 5.54 Å². The fourth-order valence-corrected chi connectivity index (χ4v) is 7.85. The lowest BCUT2D eigenvalue weighted by Gasteiger charge is -2.34. The molecule has 0 radical (unpaired) electrons. The quantitative estimate of drug-likeness (QED) is 0.0725. The normalized spacial score (nSPS) is 17.2. The average Bonchev–Trinajstić information content (AvgIpc) is 3.85. The Balaban J connectivity index is 1.22. The van der Waals surface area contributed by atoms with Crippen LogP contribution in [0.1, 0.15) is 55.4 Å². The molecule has 6 aromatic rings. The van der Waals surface area contributed by atoms with Crippen molar-refractivity contribution < 1.29 is 14.1 Å². The van der Waals surface area contributed by atoms with Gasteiger partial charge < -0.3 is 4.74 Å². The van der Waals surface area contributed by atoms with Gasteiger partial charge in [-0.25, -0.2) is 4.79 Å². The van der Waals surface area contributed by atoms with Gasteiger partial charge in [0.1, 0.15) is 12.3 Å². The lowest BCUT2D eigenvalue weighted by molar-refractivity contribution is -0.844. The maximum atomic E-state index is 13.5. The van der Waals surface area contributed by atoms with Crippen molar-refractivity contribution >= 4 is 17.4 Å². The molecule has 1 unspecified atom stereocenters. The molecule has 8 nitrogen and oxygen atoms in total. The summed E-state index contributed by atoms with van der Waals surface area (Å²) in [5.74, 6) is 0.555. The van der Waals surface area contributed by atoms with Gasteiger partial charge in [0.15, 0.2) is 16.8 Å². The molecule has 1 saturated carbocycles. The van der Waals surface area contributed by atoms with E-state index in [4.69, 9.17) is 25.2 Å². The van der Waals surface area contributed by atoms with Crippen molar-refractivity contribution in [3.05, 3.63) is 167 Å². The van der Waals surface area contributed by atoms with E-state index in [-0.39, 0.29) is 5.97 Å². The number of benzene rings is 5. The molecule has 2 aliphatic rings. The molecule has 5 aromatic carbocycles. The fraction of sp³-hybridized carbons (Fsp3) is 0.222. The molecule has 1 aromatic heterocycles. The Kier molecular flexibility index (Phi) is 9.14. The van der Waals surface area contributed by atoms with Crippen LogP contribution in [0.2, 0.25) is 0 Å². The zero-order chi connectivity index (χ0) is 36.4. The van der Waals surface area contributed by atoms with Crippen molar-refractivity contribution in [3.8, 4) is 22.5 Å². The zero-order valence-electron chi connectivity index (χ0n) is 30.4. The second kappa shape index (κ2) is 14.2. The van der Waals surface area contributed by atoms with Crippen LogP contribution in [-0.4, -0.2) is 56.7 Å². The number of tetrazole rings is 1. The second-order valence-corrected chi connectivity index (χ2v) is 13.9. The molecule has 8 heteroatoms. The molecule has 1 fully saturated rings. The molecule has 2 heterocycles. The van der Waals surface area contributed by atoms with Crippen molar-refractivity contribution in [2.24, 2.45) is 11.0 Å². The SMILES string of the molecule is CCC[N+]1(C)N=C(C2CC2)C(C(=O)OCC)=C1c1ccc(-c2ccccc2-c2nnn(C(c3ccccc3)(c3ccccc3)c3ccccc3)n2)cc1. The summed E-state index contributed by atoms with van der Waals surface area (Å²) in [4.78, 5) is 15.3. The lowest BCUT2D eigenvalue weighted by atomic mass is 9.77. The fourth-order valence-electron chi connectivity index (χ4n) is 7.85. The molecule has 1 aliphatic heterocycles. The molecule has 0 saturated heterocycles. The van der Waals surface area contributed by atoms with E-state index in [2.05, 4.69) is 80.7 Å². The van der Waals surface area contributed by atoms with Crippen molar-refractivity contribution in [2.45, 2.75) is 38.6 Å². The van der Waals surface area contributed by atoms with Crippen molar-refractivity contribution in [1.29, 1.82) is 0 Å². The summed E-state index contributed by atoms with van der Waals surface area (Å²) in [5, 5.41) is 19.9. The maximum absolute atomic E-state index is 13.5. The van der Waals surface area contributed by atoms with Gasteiger partial charge in [0, 0.05) is 17.0 Å². The standard InChI is InChI=1S/C45H43N6O2/c1-4-31-51(3)42(40(44(52)53-5-2)41(48-51)33-27-28-33)34-29-25-32(26-30-34)38-23-15-16-24-39(38)43-46-49-50(47-43)45(35-17-9-6-10-18-35,36-19-11-7-12-20-36)37-21-13-8-14-22-37/h6-26,29-30,33H,4-5,27-28,31H2,1-3H3/q+1. The van der Waals surface area contributed by atoms with Crippen LogP contribution in [0.25, 0.3) is 28.2 Å². The van der Waals surface area contributed by atoms with E-state index in [1.54, 1.807) is 4.80 Å². The Labute approximate surface area is 310 Å². The van der Waals surface area contributed by atoms with Crippen molar-refractivity contribution in [1.82, 2.24) is 20.2 Å². The average molecular weight is 700 g/mol. The van der Waals surface area contributed by atoms with Crippen LogP contribution >= 0.6 is 0 Å². The number of rotatable bonds is 12. The summed E-state index contributed by atoms with van der Waals surface area (Å²) >= 11 is 0. The summed E-state index contributed by atoms with van der Waals surface area (Å²) in [7, 11) is 2.10. The van der Waals surface area contributed by atoms with Crippen LogP contribution < -0.4 is 0 Å². The first kappa shape index (κ1) is 34.1. The second-order valence-electron chi connectivity index (χ2n) is 13.9. The van der Waals surface area contributed by atoms with E-state index in [1.165, 1.54) is 0 Å². The van der Waals surface area contributed by atoms with E-state index >= 15 is 0 Å². The Morgan fingerprint density at radius 2 is 1.26 bits per heavy atom. The van der Waals surface area contributed by atoms with Gasteiger partial charge in [-0.2, -0.15) is 4.59 Å². The Hall–Kier alpha value is -5.99. The number of hydrogen-bond acceptors (Lipinski definition) is 6. The molecule has 1 aliphatic carbocycles. The first-order chi connectivity index (χ1) is 26.0. The number of esters is 1. The molecule has 0 spiro atoms. The summed E-state index contributed by atoms with van der Waals surface area (Å²) < 4.78 is 5.95. The smallest absolute Gasteiger partial charge is 0.346 e. The number of quaternary nitrogens is 1. The van der Waals surface area contributed by atoms with Crippen LogP contribution in [0.15, 0.2) is 150 Å². The van der Waals surface area contributed by atoms with Gasteiger partial charge in [-0.3, -0.25) is 0 Å². The minimum Gasteiger partial charge on any atom is -0.462 e. The molecule has 0 N–H and O–H groups in total. The molecule has 8 rings (SSSR count). The predicted octanol–water partition coefficient (Wildman–Crippen LogP) is 8.76. The highest BCUT2D eigenvalue weighted by atomic mass is 16.5. The van der Waals surface area contributed by atoms with E-state index in [1.807, 2.05) is 79.7 Å². The van der Waals surface area contributed by atoms with E-state index in [0.717, 1.165) is 76.2 Å². The van der Waals surface area contributed by atoms with Gasteiger partial charge in [-0.15, -0.1) is 15.0 Å². The monoisotopic (exact) mass is 699 g/mol. The number of ether oxygens (including phenoxy) is 1. The van der Waals surface area contributed by atoms with Gasteiger partial charge in [0.2, 0.25) is 5.82 Å². The molecule has 53 heavy (non-hydrogen) atoms. The zero-order valence-corrected chi connectivity index (χ0v) is 30.4. The largest absolute Gasteiger partial charge is 0.462 e. The summed E-state index contributed by atoms with van der Waals surface area (Å²) in [6.45, 7) is 5.12. The minimum absolute atomic E-state index is 0.285. The first-order valence-electron chi connectivity index (χ1n) is 18.5. The van der Waals surface area contributed by atoms with Crippen LogP contribution in [-0.2, 0) is 15.1 Å². The maximum Gasteiger partial charge on any atom is 0.346 e. The Bertz CT molecular complexity index is 2200. The van der Waals surface area contributed by atoms with Gasteiger partial charge in [0.05, 0.1) is 13.7 Å². The van der Waals surface area contributed by atoms with Gasteiger partial charge >= 0.3 is 5.97 Å². The highest BCUT2D eigenvalue weighted by Crippen LogP contribution is 2.45. The van der Waals surface area contributed by atoms with Gasteiger partial charge in [-0.05, 0) is 71.3 Å². The number of carbonyl (C=O) groups is 1. The van der Waals surface area contributed by atoms with Crippen LogP contribution in [0.4, 0.5) is 0 Å². The lowest BCUT2D eigenvalue weighted by Crippen LogP contribution is -2.39. The number of hydrogen-bond donors (Lipinski definition) is 0. The van der Waals surface area contributed by atoms with E-state index in [0.29, 0.717) is 28.5 Å². The highest BCUT2D eigenvalue weighted by Gasteiger charge is 2.49. The van der Waals surface area contributed by atoms with Crippen molar-refractivity contribution in [3.63, 3.8) is 0 Å². The Morgan fingerprint density at radius 1 is 0.736 bits per heavy atom. The molecule has 1 atom stereocenters. The first-order valence-corrected chi connectivity index (χ1v) is 18.5. The summed E-state index contributed by atoms with van der Waals surface area (Å²) in [6, 6.07) is 47.7. The number of nitrogens with zero attached hydrogens (tertiary/aromatic N) is 6. The van der Waals surface area contributed by atoms with Crippen molar-refractivity contribution in [2.75, 3.05) is 20.2 Å². The number of aromatic nitrogens is 4. The third-order valence-electron chi connectivity index (χ3n) is 10.3. The van der Waals surface area contributed by atoms with Crippen LogP contribution in [0.3, 0.4) is 0 Å². The van der Waals surface area contributed by atoms with Crippen LogP contribution in [0.5, 0.6) is 0 Å². The Morgan fingerprint density at radius 3 is 1.79 bits per heavy atom. The molecule has 0 amide bonds. The highest BCUT2D eigenvalue weighted by molar-refractivity contribution is 6.26. The topological polar surface area (TPSA) is 82.3 Å². The predicted molar refractivity (Wildman–Crippen MR) is 208 cm³/mol. The summed E-state index contributed by atoms with van der Waals surface area (Å²) in [5.41, 5.74) is 8.47. The molecule has 0 bridgehead atoms. The van der Waals surface area contributed by atoms with Gasteiger partial charge in [-0.1, -0.05) is 139 Å². The third-order valence-corrected chi connectivity index (χ3v) is 10.3. The molecular weight excluding hydrogens is 657 g/mol.